The summed E-state index contributed by atoms with van der Waals surface area (Å²) in [6.07, 6.45) is 0.690. The average molecular weight is 411 g/mol. The number of amides is 1. The molecule has 4 rings (SSSR count). The maximum absolute atomic E-state index is 12.8. The van der Waals surface area contributed by atoms with Gasteiger partial charge in [0, 0.05) is 36.0 Å². The lowest BCUT2D eigenvalue weighted by atomic mass is 10.0. The van der Waals surface area contributed by atoms with Crippen molar-refractivity contribution in [3.05, 3.63) is 66.6 Å². The number of rotatable bonds is 3. The Morgan fingerprint density at radius 1 is 1.03 bits per heavy atom. The quantitative estimate of drug-likeness (QED) is 0.515. The number of pyridine rings is 2. The van der Waals surface area contributed by atoms with E-state index in [1.807, 2.05) is 12.3 Å². The third-order valence-corrected chi connectivity index (χ3v) is 4.53. The van der Waals surface area contributed by atoms with Crippen molar-refractivity contribution >= 4 is 23.2 Å². The predicted molar refractivity (Wildman–Crippen MR) is 108 cm³/mol. The molecule has 0 aliphatic rings. The first-order valence-electron chi connectivity index (χ1n) is 8.90. The molecule has 0 spiro atoms. The molecule has 30 heavy (non-hydrogen) atoms. The largest absolute Gasteiger partial charge is 0.416 e. The maximum atomic E-state index is 12.8. The highest BCUT2D eigenvalue weighted by Crippen LogP contribution is 2.33. The Labute approximate surface area is 169 Å². The van der Waals surface area contributed by atoms with E-state index in [9.17, 15) is 18.0 Å². The first-order valence-corrected chi connectivity index (χ1v) is 8.90. The van der Waals surface area contributed by atoms with Crippen LogP contribution in [0, 0.1) is 0 Å². The number of hydrogen-bond donors (Lipinski definition) is 2. The predicted octanol–water partition coefficient (Wildman–Crippen LogP) is 4.62. The van der Waals surface area contributed by atoms with Crippen molar-refractivity contribution in [1.82, 2.24) is 14.4 Å². The van der Waals surface area contributed by atoms with Gasteiger partial charge in [0.25, 0.3) is 0 Å². The molecule has 0 aliphatic heterocycles. The fraction of sp³-hybridized carbons (Fsp3) is 0.0952. The van der Waals surface area contributed by atoms with Crippen LogP contribution in [0.2, 0.25) is 0 Å². The van der Waals surface area contributed by atoms with E-state index < -0.39 is 11.7 Å². The van der Waals surface area contributed by atoms with Gasteiger partial charge in [-0.2, -0.15) is 13.2 Å². The molecular weight excluding hydrogens is 395 g/mol. The van der Waals surface area contributed by atoms with Crippen molar-refractivity contribution in [1.29, 1.82) is 0 Å². The van der Waals surface area contributed by atoms with Crippen LogP contribution in [0.3, 0.4) is 0 Å². The van der Waals surface area contributed by atoms with Crippen molar-refractivity contribution in [2.45, 2.75) is 13.1 Å². The molecule has 6 nitrogen and oxygen atoms in total. The minimum atomic E-state index is -4.40. The Kier molecular flexibility index (Phi) is 4.65. The number of nitrogens with two attached hydrogens (primary N) is 1. The van der Waals surface area contributed by atoms with Crippen molar-refractivity contribution in [2.24, 2.45) is 0 Å². The van der Waals surface area contributed by atoms with E-state index in [1.54, 1.807) is 28.9 Å². The second-order valence-electron chi connectivity index (χ2n) is 6.72. The number of nitrogen functional groups attached to an aromatic ring is 1. The van der Waals surface area contributed by atoms with Crippen LogP contribution in [0.5, 0.6) is 0 Å². The molecule has 3 N–H and O–H groups in total. The van der Waals surface area contributed by atoms with Crippen LogP contribution in [0.25, 0.3) is 27.9 Å². The van der Waals surface area contributed by atoms with E-state index >= 15 is 0 Å². The number of anilines is 2. The summed E-state index contributed by atoms with van der Waals surface area (Å²) in [5, 5.41) is 2.63. The maximum Gasteiger partial charge on any atom is 0.416 e. The fourth-order valence-electron chi connectivity index (χ4n) is 3.11. The lowest BCUT2D eigenvalue weighted by molar-refractivity contribution is -0.137. The molecule has 1 aromatic carbocycles. The van der Waals surface area contributed by atoms with Gasteiger partial charge < -0.3 is 15.5 Å². The smallest absolute Gasteiger partial charge is 0.383 e. The molecule has 0 unspecified atom stereocenters. The Morgan fingerprint density at radius 3 is 2.40 bits per heavy atom. The van der Waals surface area contributed by atoms with Crippen LogP contribution >= 0.6 is 0 Å². The number of nitrogens with one attached hydrogen (secondary N) is 1. The molecule has 0 saturated heterocycles. The van der Waals surface area contributed by atoms with Crippen LogP contribution in [-0.4, -0.2) is 20.3 Å². The summed E-state index contributed by atoms with van der Waals surface area (Å²) in [7, 11) is 0. The zero-order valence-electron chi connectivity index (χ0n) is 15.7. The van der Waals surface area contributed by atoms with Crippen LogP contribution in [0.15, 0.2) is 61.1 Å². The zero-order chi connectivity index (χ0) is 21.5. The van der Waals surface area contributed by atoms with E-state index in [0.717, 1.165) is 23.3 Å². The van der Waals surface area contributed by atoms with E-state index in [1.165, 1.54) is 19.1 Å². The topological polar surface area (TPSA) is 85.3 Å². The number of carbonyl (C=O) groups is 1. The van der Waals surface area contributed by atoms with E-state index in [-0.39, 0.29) is 11.7 Å². The molecule has 4 aromatic rings. The van der Waals surface area contributed by atoms with Gasteiger partial charge in [-0.25, -0.2) is 9.97 Å². The summed E-state index contributed by atoms with van der Waals surface area (Å²) < 4.78 is 40.2. The molecule has 3 aromatic heterocycles. The minimum absolute atomic E-state index is 0.218. The molecule has 152 valence electrons. The van der Waals surface area contributed by atoms with Crippen molar-refractivity contribution in [2.75, 3.05) is 11.1 Å². The second kappa shape index (κ2) is 7.18. The van der Waals surface area contributed by atoms with Gasteiger partial charge in [0.1, 0.15) is 11.5 Å². The summed E-state index contributed by atoms with van der Waals surface area (Å²) in [6.45, 7) is 1.40. The highest BCUT2D eigenvalue weighted by molar-refractivity contribution is 5.88. The first-order chi connectivity index (χ1) is 14.2. The van der Waals surface area contributed by atoms with Gasteiger partial charge in [0.2, 0.25) is 5.91 Å². The van der Waals surface area contributed by atoms with Crippen LogP contribution < -0.4 is 11.1 Å². The molecule has 3 heterocycles. The molecule has 0 saturated carbocycles. The summed E-state index contributed by atoms with van der Waals surface area (Å²) in [6, 6.07) is 10.2. The van der Waals surface area contributed by atoms with Gasteiger partial charge in [-0.1, -0.05) is 12.1 Å². The first kappa shape index (κ1) is 19.4. The van der Waals surface area contributed by atoms with Crippen LogP contribution in [-0.2, 0) is 11.0 Å². The monoisotopic (exact) mass is 411 g/mol. The van der Waals surface area contributed by atoms with Crippen molar-refractivity contribution in [3.63, 3.8) is 0 Å². The summed E-state index contributed by atoms with van der Waals surface area (Å²) in [4.78, 5) is 19.7. The molecule has 0 aliphatic carbocycles. The minimum Gasteiger partial charge on any atom is -0.383 e. The summed E-state index contributed by atoms with van der Waals surface area (Å²) in [5.41, 5.74) is 8.49. The van der Waals surface area contributed by atoms with E-state index in [0.29, 0.717) is 22.6 Å². The third kappa shape index (κ3) is 3.82. The number of imidazole rings is 1. The van der Waals surface area contributed by atoms with Gasteiger partial charge >= 0.3 is 6.18 Å². The number of halogens is 3. The summed E-state index contributed by atoms with van der Waals surface area (Å²) in [5.74, 6) is 0.429. The molecule has 1 amide bonds. The van der Waals surface area contributed by atoms with E-state index in [2.05, 4.69) is 15.3 Å². The van der Waals surface area contributed by atoms with Gasteiger partial charge in [-0.05, 0) is 35.9 Å². The SMILES string of the molecule is CC(=O)Nc1cn2cc(-c3cnc(N)c(-c4ccc(C(F)(F)F)cc4)c3)ccc2n1. The molecule has 0 fully saturated rings. The molecule has 0 atom stereocenters. The standard InChI is InChI=1S/C21H16F3N5O/c1-12(30)27-18-11-29-10-14(4-7-19(29)28-18)15-8-17(20(25)26-9-15)13-2-5-16(6-3-13)21(22,23)24/h2-11H,1H3,(H2,25,26)(H,27,30). The lowest BCUT2D eigenvalue weighted by Crippen LogP contribution is -2.05. The number of hydrogen-bond acceptors (Lipinski definition) is 4. The normalized spacial score (nSPS) is 11.6. The Hall–Kier alpha value is -3.88. The van der Waals surface area contributed by atoms with Crippen molar-refractivity contribution < 1.29 is 18.0 Å². The van der Waals surface area contributed by atoms with Gasteiger partial charge in [-0.3, -0.25) is 4.79 Å². The molecule has 0 bridgehead atoms. The van der Waals surface area contributed by atoms with Gasteiger partial charge in [0.15, 0.2) is 5.82 Å². The summed E-state index contributed by atoms with van der Waals surface area (Å²) >= 11 is 0. The number of fused-ring (bicyclic) bond motifs is 1. The number of benzene rings is 1. The number of aromatic nitrogens is 3. The third-order valence-electron chi connectivity index (χ3n) is 4.53. The molecular formula is C21H16F3N5O. The van der Waals surface area contributed by atoms with Crippen LogP contribution in [0.1, 0.15) is 12.5 Å². The number of carbonyl (C=O) groups excluding carboxylic acids is 1. The number of alkyl halides is 3. The highest BCUT2D eigenvalue weighted by Gasteiger charge is 2.30. The fourth-order valence-corrected chi connectivity index (χ4v) is 3.11. The molecule has 0 radical (unpaired) electrons. The Balaban J connectivity index is 1.71. The zero-order valence-corrected chi connectivity index (χ0v) is 15.7. The average Bonchev–Trinajstić information content (AvgIpc) is 3.08. The van der Waals surface area contributed by atoms with Crippen molar-refractivity contribution in [3.8, 4) is 22.3 Å². The van der Waals surface area contributed by atoms with E-state index in [4.69, 9.17) is 5.73 Å². The van der Waals surface area contributed by atoms with Gasteiger partial charge in [0.05, 0.1) is 11.8 Å². The highest BCUT2D eigenvalue weighted by atomic mass is 19.4. The molecule has 9 heteroatoms. The Bertz CT molecular complexity index is 1250. The Morgan fingerprint density at radius 2 is 1.73 bits per heavy atom. The van der Waals surface area contributed by atoms with Gasteiger partial charge in [-0.15, -0.1) is 0 Å². The van der Waals surface area contributed by atoms with Crippen LogP contribution in [0.4, 0.5) is 24.8 Å². The second-order valence-corrected chi connectivity index (χ2v) is 6.72. The number of nitrogens with zero attached hydrogens (tertiary/aromatic N) is 3. The lowest BCUT2D eigenvalue weighted by Gasteiger charge is -2.11.